The van der Waals surface area contributed by atoms with E-state index in [1.54, 1.807) is 6.20 Å². The highest BCUT2D eigenvalue weighted by Gasteiger charge is 2.52. The third-order valence-electron chi connectivity index (χ3n) is 4.38. The van der Waals surface area contributed by atoms with Crippen LogP contribution >= 0.6 is 11.6 Å². The standard InChI is InChI=1S/C14H18BClN2O2/c1-8-6-9-7-17-18-12(9)10(11(8)16)15-19-13(2,3)14(4,5)20-15/h6-7H,1-5H3,(H,17,18). The summed E-state index contributed by atoms with van der Waals surface area (Å²) < 4.78 is 12.2. The third kappa shape index (κ3) is 1.88. The molecular weight excluding hydrogens is 274 g/mol. The quantitative estimate of drug-likeness (QED) is 0.822. The van der Waals surface area contributed by atoms with Crippen molar-refractivity contribution in [3.05, 3.63) is 22.8 Å². The molecule has 0 saturated carbocycles. The first-order valence-electron chi connectivity index (χ1n) is 6.71. The average Bonchev–Trinajstić information content (AvgIpc) is 2.83. The lowest BCUT2D eigenvalue weighted by Gasteiger charge is -2.32. The van der Waals surface area contributed by atoms with Crippen LogP contribution in [0.25, 0.3) is 10.9 Å². The Bertz CT molecular complexity index is 665. The molecule has 0 unspecified atom stereocenters. The molecule has 6 heteroatoms. The Kier molecular flexibility index (Phi) is 2.94. The molecule has 1 aromatic heterocycles. The van der Waals surface area contributed by atoms with Crippen molar-refractivity contribution in [1.82, 2.24) is 10.2 Å². The van der Waals surface area contributed by atoms with Gasteiger partial charge in [-0.05, 0) is 46.2 Å². The van der Waals surface area contributed by atoms with Crippen molar-refractivity contribution in [1.29, 1.82) is 0 Å². The zero-order valence-electron chi connectivity index (χ0n) is 12.4. The summed E-state index contributed by atoms with van der Waals surface area (Å²) in [7, 11) is -0.490. The fourth-order valence-corrected chi connectivity index (χ4v) is 2.66. The molecule has 0 bridgehead atoms. The molecule has 4 nitrogen and oxygen atoms in total. The molecule has 0 amide bonds. The summed E-state index contributed by atoms with van der Waals surface area (Å²) in [4.78, 5) is 0. The zero-order valence-corrected chi connectivity index (χ0v) is 13.1. The smallest absolute Gasteiger partial charge is 0.399 e. The Hall–Kier alpha value is -1.04. The monoisotopic (exact) mass is 292 g/mol. The highest BCUT2D eigenvalue weighted by molar-refractivity contribution is 6.68. The van der Waals surface area contributed by atoms with E-state index in [0.29, 0.717) is 5.02 Å². The van der Waals surface area contributed by atoms with Gasteiger partial charge in [0.15, 0.2) is 0 Å². The van der Waals surface area contributed by atoms with E-state index in [1.165, 1.54) is 0 Å². The van der Waals surface area contributed by atoms with Crippen molar-refractivity contribution in [2.24, 2.45) is 0 Å². The molecule has 1 N–H and O–H groups in total. The minimum atomic E-state index is -0.490. The SMILES string of the molecule is Cc1cc2cn[nH]c2c(B2OC(C)(C)C(C)(C)O2)c1Cl. The van der Waals surface area contributed by atoms with E-state index in [-0.39, 0.29) is 0 Å². The summed E-state index contributed by atoms with van der Waals surface area (Å²) in [5.74, 6) is 0. The van der Waals surface area contributed by atoms with Crippen LogP contribution < -0.4 is 5.46 Å². The van der Waals surface area contributed by atoms with E-state index < -0.39 is 18.3 Å². The first-order chi connectivity index (χ1) is 9.23. The van der Waals surface area contributed by atoms with Gasteiger partial charge in [-0.25, -0.2) is 0 Å². The summed E-state index contributed by atoms with van der Waals surface area (Å²) >= 11 is 6.49. The third-order valence-corrected chi connectivity index (χ3v) is 4.88. The summed E-state index contributed by atoms with van der Waals surface area (Å²) in [5, 5.41) is 8.76. The van der Waals surface area contributed by atoms with Gasteiger partial charge in [0.25, 0.3) is 0 Å². The number of nitrogens with zero attached hydrogens (tertiary/aromatic N) is 1. The van der Waals surface area contributed by atoms with E-state index in [2.05, 4.69) is 10.2 Å². The molecule has 2 heterocycles. The highest BCUT2D eigenvalue weighted by Crippen LogP contribution is 2.37. The van der Waals surface area contributed by atoms with Crippen LogP contribution in [-0.2, 0) is 9.31 Å². The lowest BCUT2D eigenvalue weighted by Crippen LogP contribution is -2.41. The van der Waals surface area contributed by atoms with Crippen LogP contribution in [0.4, 0.5) is 0 Å². The number of aromatic amines is 1. The molecule has 0 spiro atoms. The molecular formula is C14H18BClN2O2. The van der Waals surface area contributed by atoms with Crippen LogP contribution in [0.2, 0.25) is 5.02 Å². The van der Waals surface area contributed by atoms with Gasteiger partial charge in [-0.2, -0.15) is 5.10 Å². The fourth-order valence-electron chi connectivity index (χ4n) is 2.42. The summed E-state index contributed by atoms with van der Waals surface area (Å²) in [6.45, 7) is 10.1. The van der Waals surface area contributed by atoms with Crippen molar-refractivity contribution >= 4 is 35.1 Å². The molecule has 0 aliphatic carbocycles. The number of H-pyrrole nitrogens is 1. The lowest BCUT2D eigenvalue weighted by atomic mass is 9.77. The second kappa shape index (κ2) is 4.23. The van der Waals surface area contributed by atoms with Crippen LogP contribution in [-0.4, -0.2) is 28.5 Å². The van der Waals surface area contributed by atoms with Gasteiger partial charge >= 0.3 is 7.12 Å². The molecule has 1 aliphatic rings. The van der Waals surface area contributed by atoms with Gasteiger partial charge in [0.05, 0.1) is 22.9 Å². The van der Waals surface area contributed by atoms with Gasteiger partial charge in [-0.3, -0.25) is 5.10 Å². The number of nitrogens with one attached hydrogen (secondary N) is 1. The predicted octanol–water partition coefficient (Wildman–Crippen LogP) is 2.82. The molecule has 1 fully saturated rings. The van der Waals surface area contributed by atoms with Crippen LogP contribution in [0.1, 0.15) is 33.3 Å². The van der Waals surface area contributed by atoms with Crippen molar-refractivity contribution in [3.8, 4) is 0 Å². The molecule has 0 atom stereocenters. The Balaban J connectivity index is 2.16. The number of benzene rings is 1. The highest BCUT2D eigenvalue weighted by atomic mass is 35.5. The topological polar surface area (TPSA) is 47.1 Å². The number of hydrogen-bond acceptors (Lipinski definition) is 3. The number of fused-ring (bicyclic) bond motifs is 1. The van der Waals surface area contributed by atoms with Gasteiger partial charge < -0.3 is 9.31 Å². The van der Waals surface area contributed by atoms with Crippen LogP contribution in [0, 0.1) is 6.92 Å². The largest absolute Gasteiger partial charge is 0.498 e. The van der Waals surface area contributed by atoms with Crippen molar-refractivity contribution < 1.29 is 9.31 Å². The summed E-state index contributed by atoms with van der Waals surface area (Å²) in [6.07, 6.45) is 1.79. The van der Waals surface area contributed by atoms with Crippen LogP contribution in [0.3, 0.4) is 0 Å². The molecule has 3 rings (SSSR count). The number of aromatic nitrogens is 2. The van der Waals surface area contributed by atoms with E-state index in [0.717, 1.165) is 21.9 Å². The number of rotatable bonds is 1. The number of hydrogen-bond donors (Lipinski definition) is 1. The molecule has 0 radical (unpaired) electrons. The van der Waals surface area contributed by atoms with Gasteiger partial charge in [-0.15, -0.1) is 0 Å². The van der Waals surface area contributed by atoms with Crippen LogP contribution in [0.5, 0.6) is 0 Å². The second-order valence-electron chi connectivity index (χ2n) is 6.34. The molecule has 1 aliphatic heterocycles. The normalized spacial score (nSPS) is 20.8. The second-order valence-corrected chi connectivity index (χ2v) is 6.72. The van der Waals surface area contributed by atoms with Gasteiger partial charge in [0.1, 0.15) is 0 Å². The maximum atomic E-state index is 6.49. The van der Waals surface area contributed by atoms with Gasteiger partial charge in [-0.1, -0.05) is 11.6 Å². The molecule has 1 aromatic carbocycles. The summed E-state index contributed by atoms with van der Waals surface area (Å²) in [5.41, 5.74) is 1.91. The average molecular weight is 293 g/mol. The zero-order chi connectivity index (χ0) is 14.7. The Labute approximate surface area is 123 Å². The maximum Gasteiger partial charge on any atom is 0.498 e. The molecule has 2 aromatic rings. The van der Waals surface area contributed by atoms with E-state index in [9.17, 15) is 0 Å². The predicted molar refractivity (Wildman–Crippen MR) is 81.6 cm³/mol. The van der Waals surface area contributed by atoms with Crippen molar-refractivity contribution in [2.75, 3.05) is 0 Å². The van der Waals surface area contributed by atoms with E-state index >= 15 is 0 Å². The Morgan fingerprint density at radius 3 is 2.40 bits per heavy atom. The first-order valence-corrected chi connectivity index (χ1v) is 7.08. The summed E-state index contributed by atoms with van der Waals surface area (Å²) in [6, 6.07) is 2.01. The molecule has 106 valence electrons. The van der Waals surface area contributed by atoms with Crippen LogP contribution in [0.15, 0.2) is 12.3 Å². The number of halogens is 1. The van der Waals surface area contributed by atoms with E-state index in [4.69, 9.17) is 20.9 Å². The maximum absolute atomic E-state index is 6.49. The number of aryl methyl sites for hydroxylation is 1. The van der Waals surface area contributed by atoms with Gasteiger partial charge in [0, 0.05) is 15.9 Å². The van der Waals surface area contributed by atoms with Crippen molar-refractivity contribution in [3.63, 3.8) is 0 Å². The van der Waals surface area contributed by atoms with Gasteiger partial charge in [0.2, 0.25) is 0 Å². The van der Waals surface area contributed by atoms with E-state index in [1.807, 2.05) is 40.7 Å². The fraction of sp³-hybridized carbons (Fsp3) is 0.500. The van der Waals surface area contributed by atoms with Crippen molar-refractivity contribution in [2.45, 2.75) is 45.8 Å². The lowest BCUT2D eigenvalue weighted by molar-refractivity contribution is 0.00578. The molecule has 1 saturated heterocycles. The Morgan fingerprint density at radius 1 is 1.20 bits per heavy atom. The first kappa shape index (κ1) is 13.9. The minimum absolute atomic E-state index is 0.392. The molecule has 20 heavy (non-hydrogen) atoms. The Morgan fingerprint density at radius 2 is 1.80 bits per heavy atom. The minimum Gasteiger partial charge on any atom is -0.399 e.